The SMILES string of the molecule is COCCOCO[C@H]1C(=O)[C@@H]2C=CC1(C)[C@H]1CC(C)(C)C[C@@H]21. The summed E-state index contributed by atoms with van der Waals surface area (Å²) in [5, 5.41) is 0. The van der Waals surface area contributed by atoms with E-state index in [1.165, 1.54) is 6.42 Å². The van der Waals surface area contributed by atoms with E-state index in [4.69, 9.17) is 14.2 Å². The molecule has 0 spiro atoms. The van der Waals surface area contributed by atoms with Gasteiger partial charge in [-0.25, -0.2) is 0 Å². The first-order valence-electron chi connectivity index (χ1n) is 8.30. The number of ketones is 1. The highest BCUT2D eigenvalue weighted by molar-refractivity contribution is 5.91. The average Bonchev–Trinajstić information content (AvgIpc) is 2.78. The molecule has 2 bridgehead atoms. The number of Topliss-reactive ketones (excluding diaryl/α,β-unsaturated/α-hetero) is 1. The molecule has 0 saturated heterocycles. The number of fused-ring (bicyclic) bond motifs is 1. The van der Waals surface area contributed by atoms with Gasteiger partial charge >= 0.3 is 0 Å². The molecule has 5 atom stereocenters. The van der Waals surface area contributed by atoms with E-state index in [0.29, 0.717) is 30.5 Å². The van der Waals surface area contributed by atoms with E-state index in [2.05, 4.69) is 32.9 Å². The molecule has 0 aromatic rings. The molecule has 0 heterocycles. The lowest BCUT2D eigenvalue weighted by atomic mass is 9.54. The van der Waals surface area contributed by atoms with Crippen LogP contribution < -0.4 is 0 Å². The Morgan fingerprint density at radius 2 is 2.00 bits per heavy atom. The van der Waals surface area contributed by atoms with Gasteiger partial charge in [-0.1, -0.05) is 32.9 Å². The van der Waals surface area contributed by atoms with Crippen molar-refractivity contribution in [2.45, 2.75) is 39.7 Å². The predicted molar refractivity (Wildman–Crippen MR) is 83.3 cm³/mol. The number of hydrogen-bond acceptors (Lipinski definition) is 4. The van der Waals surface area contributed by atoms with Crippen LogP contribution in [0.3, 0.4) is 0 Å². The van der Waals surface area contributed by atoms with Gasteiger partial charge in [-0.15, -0.1) is 0 Å². The molecule has 1 unspecified atom stereocenters. The van der Waals surface area contributed by atoms with E-state index in [0.717, 1.165) is 6.42 Å². The van der Waals surface area contributed by atoms with Crippen LogP contribution in [0.4, 0.5) is 0 Å². The maximum absolute atomic E-state index is 12.8. The Bertz CT molecular complexity index is 470. The van der Waals surface area contributed by atoms with E-state index in [1.807, 2.05) is 0 Å². The normalized spacial score (nSPS) is 41.9. The molecule has 4 heteroatoms. The third-order valence-corrected chi connectivity index (χ3v) is 5.90. The van der Waals surface area contributed by atoms with E-state index >= 15 is 0 Å². The zero-order valence-corrected chi connectivity index (χ0v) is 14.1. The molecule has 2 saturated carbocycles. The maximum Gasteiger partial charge on any atom is 0.169 e. The molecule has 0 aromatic heterocycles. The molecule has 4 rings (SSSR count). The summed E-state index contributed by atoms with van der Waals surface area (Å²) in [7, 11) is 1.64. The molecule has 22 heavy (non-hydrogen) atoms. The van der Waals surface area contributed by atoms with Gasteiger partial charge in [0.2, 0.25) is 0 Å². The fraction of sp³-hybridized carbons (Fsp3) is 0.833. The molecule has 124 valence electrons. The first-order valence-corrected chi connectivity index (χ1v) is 8.30. The molecule has 4 nitrogen and oxygen atoms in total. The molecule has 0 radical (unpaired) electrons. The van der Waals surface area contributed by atoms with Crippen LogP contribution in [0.15, 0.2) is 12.2 Å². The Balaban J connectivity index is 1.71. The number of allylic oxidation sites excluding steroid dienone is 1. The zero-order valence-electron chi connectivity index (χ0n) is 14.1. The fourth-order valence-electron chi connectivity index (χ4n) is 4.89. The minimum Gasteiger partial charge on any atom is -0.382 e. The number of carbonyl (C=O) groups excluding carboxylic acids is 1. The summed E-state index contributed by atoms with van der Waals surface area (Å²) in [6.45, 7) is 8.03. The number of carbonyl (C=O) groups is 1. The Morgan fingerprint density at radius 3 is 2.73 bits per heavy atom. The standard InChI is InChI=1S/C18H28O4/c1-17(2)9-13-12-5-6-18(3,14(13)10-17)16(15(12)19)22-11-21-8-7-20-4/h5-6,12-14,16H,7-11H2,1-4H3/t12-,13+,14+,16+,18?/m1/s1. The quantitative estimate of drug-likeness (QED) is 0.430. The van der Waals surface area contributed by atoms with E-state index in [9.17, 15) is 4.79 Å². The van der Waals surface area contributed by atoms with Crippen LogP contribution in [-0.4, -0.2) is 39.0 Å². The van der Waals surface area contributed by atoms with Crippen molar-refractivity contribution in [2.24, 2.45) is 28.6 Å². The van der Waals surface area contributed by atoms with Crippen LogP contribution in [0.25, 0.3) is 0 Å². The molecule has 0 N–H and O–H groups in total. The summed E-state index contributed by atoms with van der Waals surface area (Å²) < 4.78 is 16.2. The smallest absolute Gasteiger partial charge is 0.169 e. The number of methoxy groups -OCH3 is 1. The molecule has 0 aromatic carbocycles. The first kappa shape index (κ1) is 16.2. The van der Waals surface area contributed by atoms with Crippen molar-refractivity contribution >= 4 is 5.78 Å². The largest absolute Gasteiger partial charge is 0.382 e. The summed E-state index contributed by atoms with van der Waals surface area (Å²) in [4.78, 5) is 12.8. The monoisotopic (exact) mass is 308 g/mol. The summed E-state index contributed by atoms with van der Waals surface area (Å²) in [6, 6.07) is 0. The van der Waals surface area contributed by atoms with Gasteiger partial charge in [0.25, 0.3) is 0 Å². The first-order chi connectivity index (χ1) is 10.4. The fourth-order valence-corrected chi connectivity index (χ4v) is 4.89. The Kier molecular flexibility index (Phi) is 4.21. The van der Waals surface area contributed by atoms with Gasteiger partial charge in [0.1, 0.15) is 12.9 Å². The molecule has 4 aliphatic rings. The van der Waals surface area contributed by atoms with Gasteiger partial charge in [-0.2, -0.15) is 0 Å². The zero-order chi connectivity index (χ0) is 16.0. The van der Waals surface area contributed by atoms with Crippen LogP contribution >= 0.6 is 0 Å². The van der Waals surface area contributed by atoms with Crippen molar-refractivity contribution in [1.82, 2.24) is 0 Å². The summed E-state index contributed by atoms with van der Waals surface area (Å²) in [5.41, 5.74) is 0.139. The second-order valence-electron chi connectivity index (χ2n) is 8.06. The van der Waals surface area contributed by atoms with Crippen LogP contribution in [0, 0.1) is 28.6 Å². The third-order valence-electron chi connectivity index (χ3n) is 5.90. The van der Waals surface area contributed by atoms with Gasteiger partial charge in [-0.05, 0) is 30.1 Å². The lowest BCUT2D eigenvalue weighted by molar-refractivity contribution is -0.177. The second kappa shape index (κ2) is 5.73. The topological polar surface area (TPSA) is 44.8 Å². The van der Waals surface area contributed by atoms with Gasteiger partial charge < -0.3 is 14.2 Å². The second-order valence-corrected chi connectivity index (χ2v) is 8.06. The van der Waals surface area contributed by atoms with Crippen molar-refractivity contribution in [1.29, 1.82) is 0 Å². The molecular weight excluding hydrogens is 280 g/mol. The third kappa shape index (κ3) is 2.55. The summed E-state index contributed by atoms with van der Waals surface area (Å²) in [5.74, 6) is 1.32. The highest BCUT2D eigenvalue weighted by Gasteiger charge is 2.62. The average molecular weight is 308 g/mol. The van der Waals surface area contributed by atoms with E-state index < -0.39 is 0 Å². The van der Waals surface area contributed by atoms with Crippen molar-refractivity contribution in [3.63, 3.8) is 0 Å². The number of hydrogen-bond donors (Lipinski definition) is 0. The summed E-state index contributed by atoms with van der Waals surface area (Å²) >= 11 is 0. The number of rotatable bonds is 6. The maximum atomic E-state index is 12.8. The molecule has 0 aliphatic heterocycles. The molecular formula is C18H28O4. The van der Waals surface area contributed by atoms with Crippen LogP contribution in [-0.2, 0) is 19.0 Å². The highest BCUT2D eigenvalue weighted by atomic mass is 16.7. The van der Waals surface area contributed by atoms with Crippen molar-refractivity contribution in [3.8, 4) is 0 Å². The van der Waals surface area contributed by atoms with Crippen molar-refractivity contribution in [2.75, 3.05) is 27.1 Å². The Morgan fingerprint density at radius 1 is 1.23 bits per heavy atom. The molecule has 4 aliphatic carbocycles. The van der Waals surface area contributed by atoms with Crippen LogP contribution in [0.2, 0.25) is 0 Å². The van der Waals surface area contributed by atoms with E-state index in [-0.39, 0.29) is 30.0 Å². The molecule has 2 fully saturated rings. The molecule has 0 amide bonds. The Labute approximate surface area is 133 Å². The van der Waals surface area contributed by atoms with Crippen molar-refractivity contribution < 1.29 is 19.0 Å². The highest BCUT2D eigenvalue weighted by Crippen LogP contribution is 2.62. The predicted octanol–water partition coefficient (Wildman–Crippen LogP) is 2.82. The van der Waals surface area contributed by atoms with E-state index in [1.54, 1.807) is 7.11 Å². The minimum atomic E-state index is -0.361. The van der Waals surface area contributed by atoms with Gasteiger partial charge in [0, 0.05) is 18.4 Å². The minimum absolute atomic E-state index is 0.0394. The number of ether oxygens (including phenoxy) is 3. The van der Waals surface area contributed by atoms with Crippen LogP contribution in [0.1, 0.15) is 33.6 Å². The van der Waals surface area contributed by atoms with Gasteiger partial charge in [0.05, 0.1) is 13.2 Å². The lowest BCUT2D eigenvalue weighted by Gasteiger charge is -2.52. The Hall–Kier alpha value is -0.710. The van der Waals surface area contributed by atoms with Crippen LogP contribution in [0.5, 0.6) is 0 Å². The summed E-state index contributed by atoms with van der Waals surface area (Å²) in [6.07, 6.45) is 6.33. The lowest BCUT2D eigenvalue weighted by Crippen LogP contribution is -2.57. The van der Waals surface area contributed by atoms with Crippen molar-refractivity contribution in [3.05, 3.63) is 12.2 Å². The van der Waals surface area contributed by atoms with Gasteiger partial charge in [0.15, 0.2) is 5.78 Å². The van der Waals surface area contributed by atoms with Gasteiger partial charge in [-0.3, -0.25) is 4.79 Å².